The van der Waals surface area contributed by atoms with Crippen LogP contribution in [0.4, 0.5) is 17.1 Å². The quantitative estimate of drug-likeness (QED) is 0.364. The largest absolute Gasteiger partial charge is 0.495 e. The lowest BCUT2D eigenvalue weighted by atomic mass is 10.1. The van der Waals surface area contributed by atoms with Gasteiger partial charge in [0.05, 0.1) is 41.6 Å². The van der Waals surface area contributed by atoms with E-state index in [2.05, 4.69) is 31.4 Å². The van der Waals surface area contributed by atoms with Gasteiger partial charge in [-0.3, -0.25) is 14.5 Å². The zero-order valence-electron chi connectivity index (χ0n) is 23.6. The van der Waals surface area contributed by atoms with Crippen LogP contribution in [0, 0.1) is 0 Å². The Morgan fingerprint density at radius 3 is 2.26 bits per heavy atom. The van der Waals surface area contributed by atoms with Crippen LogP contribution in [-0.2, 0) is 4.74 Å². The van der Waals surface area contributed by atoms with Crippen molar-refractivity contribution in [3.8, 4) is 5.75 Å². The molecule has 2 heterocycles. The molecule has 2 fully saturated rings. The molecule has 3 aromatic rings. The normalized spacial score (nSPS) is 15.8. The number of carbonyl (C=O) groups excluding carboxylic acids is 2. The summed E-state index contributed by atoms with van der Waals surface area (Å²) in [5.41, 5.74) is 3.28. The van der Waals surface area contributed by atoms with Gasteiger partial charge in [-0.2, -0.15) is 0 Å². The van der Waals surface area contributed by atoms with E-state index < -0.39 is 0 Å². The predicted molar refractivity (Wildman–Crippen MR) is 168 cm³/mol. The van der Waals surface area contributed by atoms with Gasteiger partial charge in [0.1, 0.15) is 5.75 Å². The van der Waals surface area contributed by atoms with Crippen LogP contribution in [0.5, 0.6) is 5.75 Å². The van der Waals surface area contributed by atoms with Crippen LogP contribution in [0.3, 0.4) is 0 Å². The van der Waals surface area contributed by atoms with Gasteiger partial charge in [0.15, 0.2) is 0 Å². The lowest BCUT2D eigenvalue weighted by Crippen LogP contribution is -2.47. The van der Waals surface area contributed by atoms with Crippen molar-refractivity contribution >= 4 is 52.1 Å². The van der Waals surface area contributed by atoms with E-state index in [9.17, 15) is 9.59 Å². The van der Waals surface area contributed by atoms with Crippen LogP contribution < -0.4 is 25.2 Å². The van der Waals surface area contributed by atoms with Gasteiger partial charge in [0.25, 0.3) is 11.8 Å². The minimum Gasteiger partial charge on any atom is -0.495 e. The molecule has 2 aliphatic heterocycles. The molecule has 2 amide bonds. The molecule has 0 bridgehead atoms. The maximum absolute atomic E-state index is 13.6. The van der Waals surface area contributed by atoms with Gasteiger partial charge in [-0.25, -0.2) is 0 Å². The van der Waals surface area contributed by atoms with Crippen molar-refractivity contribution in [2.75, 3.05) is 87.8 Å². The van der Waals surface area contributed by atoms with Gasteiger partial charge in [-0.15, -0.1) is 0 Å². The summed E-state index contributed by atoms with van der Waals surface area (Å²) in [6.45, 7) is 7.38. The van der Waals surface area contributed by atoms with Crippen molar-refractivity contribution in [2.45, 2.75) is 0 Å². The lowest BCUT2D eigenvalue weighted by molar-refractivity contribution is 0.0383. The van der Waals surface area contributed by atoms with E-state index in [-0.39, 0.29) is 11.8 Å². The smallest absolute Gasteiger partial charge is 0.255 e. The number of rotatable bonds is 9. The molecule has 0 atom stereocenters. The van der Waals surface area contributed by atoms with Crippen LogP contribution in [-0.4, -0.2) is 89.4 Å². The molecule has 3 aromatic carbocycles. The fourth-order valence-electron chi connectivity index (χ4n) is 5.24. The molecule has 11 heteroatoms. The Balaban J connectivity index is 1.32. The minimum atomic E-state index is -0.342. The first kappa shape index (κ1) is 30.0. The number of halogens is 2. The molecule has 0 aliphatic carbocycles. The summed E-state index contributed by atoms with van der Waals surface area (Å²) >= 11 is 12.1. The summed E-state index contributed by atoms with van der Waals surface area (Å²) in [7, 11) is 1.68. The van der Waals surface area contributed by atoms with E-state index in [1.165, 1.54) is 6.07 Å². The minimum absolute atomic E-state index is 0.184. The highest BCUT2D eigenvalue weighted by molar-refractivity contribution is 6.42. The second-order valence-corrected chi connectivity index (χ2v) is 11.0. The average molecular weight is 613 g/mol. The number of benzene rings is 3. The van der Waals surface area contributed by atoms with Crippen molar-refractivity contribution in [2.24, 2.45) is 0 Å². The number of hydrogen-bond donors (Lipinski definition) is 2. The highest BCUT2D eigenvalue weighted by atomic mass is 35.5. The number of amides is 2. The maximum atomic E-state index is 13.6. The fraction of sp³-hybridized carbons (Fsp3) is 0.355. The zero-order valence-corrected chi connectivity index (χ0v) is 25.1. The molecule has 9 nitrogen and oxygen atoms in total. The van der Waals surface area contributed by atoms with E-state index in [1.54, 1.807) is 25.3 Å². The molecule has 0 unspecified atom stereocenters. The molecule has 0 spiro atoms. The molecule has 2 saturated heterocycles. The predicted octanol–water partition coefficient (Wildman–Crippen LogP) is 4.64. The molecule has 0 radical (unpaired) electrons. The Bertz CT molecular complexity index is 1410. The Morgan fingerprint density at radius 2 is 1.55 bits per heavy atom. The molecule has 0 aromatic heterocycles. The Morgan fingerprint density at radius 1 is 0.833 bits per heavy atom. The Kier molecular flexibility index (Phi) is 10.1. The molecule has 2 N–H and O–H groups in total. The van der Waals surface area contributed by atoms with E-state index in [4.69, 9.17) is 32.7 Å². The summed E-state index contributed by atoms with van der Waals surface area (Å²) in [5.74, 6) is 0.315. The van der Waals surface area contributed by atoms with Gasteiger partial charge in [-0.1, -0.05) is 35.3 Å². The molecular formula is C31H35Cl2N5O4. The number of anilines is 3. The van der Waals surface area contributed by atoms with Crippen LogP contribution in [0.1, 0.15) is 20.7 Å². The van der Waals surface area contributed by atoms with Crippen molar-refractivity contribution in [1.29, 1.82) is 0 Å². The number of nitrogens with zero attached hydrogens (tertiary/aromatic N) is 3. The standard InChI is InChI=1S/C31H35Cl2N5O4/c1-41-29-5-3-2-4-28(29)38-14-12-37(13-15-38)27-9-7-23(35-30(39)22-6-8-25(32)26(33)20-22)21-24(27)31(40)34-10-11-36-16-18-42-19-17-36/h2-9,20-21H,10-19H2,1H3,(H,34,40)(H,35,39). The number of piperazine rings is 1. The van der Waals surface area contributed by atoms with Crippen LogP contribution in [0.15, 0.2) is 60.7 Å². The second kappa shape index (κ2) is 14.1. The van der Waals surface area contributed by atoms with Gasteiger partial charge in [-0.05, 0) is 48.5 Å². The molecular weight excluding hydrogens is 577 g/mol. The van der Waals surface area contributed by atoms with Gasteiger partial charge in [0, 0.05) is 69.3 Å². The average Bonchev–Trinajstić information content (AvgIpc) is 3.03. The maximum Gasteiger partial charge on any atom is 0.255 e. The second-order valence-electron chi connectivity index (χ2n) is 10.2. The lowest BCUT2D eigenvalue weighted by Gasteiger charge is -2.38. The van der Waals surface area contributed by atoms with Crippen LogP contribution in [0.2, 0.25) is 10.0 Å². The van der Waals surface area contributed by atoms with Gasteiger partial charge in [0.2, 0.25) is 0 Å². The molecule has 5 rings (SSSR count). The van der Waals surface area contributed by atoms with E-state index in [1.807, 2.05) is 30.3 Å². The third-order valence-corrected chi connectivity index (χ3v) is 8.28. The summed E-state index contributed by atoms with van der Waals surface area (Å²) in [6.07, 6.45) is 0. The Hall–Kier alpha value is -3.50. The van der Waals surface area contributed by atoms with Crippen molar-refractivity contribution in [3.63, 3.8) is 0 Å². The summed E-state index contributed by atoms with van der Waals surface area (Å²) in [5, 5.41) is 6.65. The fourth-order valence-corrected chi connectivity index (χ4v) is 5.54. The van der Waals surface area contributed by atoms with Crippen LogP contribution in [0.25, 0.3) is 0 Å². The topological polar surface area (TPSA) is 86.4 Å². The number of ether oxygens (including phenoxy) is 2. The highest BCUT2D eigenvalue weighted by Crippen LogP contribution is 2.31. The SMILES string of the molecule is COc1ccccc1N1CCN(c2ccc(NC(=O)c3ccc(Cl)c(Cl)c3)cc2C(=O)NCCN2CCOCC2)CC1. The first-order valence-electron chi connectivity index (χ1n) is 14.0. The monoisotopic (exact) mass is 611 g/mol. The van der Waals surface area contributed by atoms with Crippen LogP contribution >= 0.6 is 23.2 Å². The van der Waals surface area contributed by atoms with E-state index >= 15 is 0 Å². The van der Waals surface area contributed by atoms with E-state index in [0.29, 0.717) is 46.6 Å². The summed E-state index contributed by atoms with van der Waals surface area (Å²) in [6, 6.07) is 18.2. The number of methoxy groups -OCH3 is 1. The van der Waals surface area contributed by atoms with E-state index in [0.717, 1.165) is 62.9 Å². The Labute approximate surface area is 256 Å². The summed E-state index contributed by atoms with van der Waals surface area (Å²) in [4.78, 5) is 33.3. The third-order valence-electron chi connectivity index (χ3n) is 7.54. The number of nitrogens with one attached hydrogen (secondary N) is 2. The first-order chi connectivity index (χ1) is 20.4. The van der Waals surface area contributed by atoms with Gasteiger partial charge < -0.3 is 29.9 Å². The van der Waals surface area contributed by atoms with Crippen molar-refractivity contribution in [1.82, 2.24) is 10.2 Å². The molecule has 42 heavy (non-hydrogen) atoms. The zero-order chi connectivity index (χ0) is 29.5. The molecule has 2 aliphatic rings. The number of carbonyl (C=O) groups is 2. The molecule has 0 saturated carbocycles. The summed E-state index contributed by atoms with van der Waals surface area (Å²) < 4.78 is 11.0. The third kappa shape index (κ3) is 7.28. The number of morpholine rings is 1. The first-order valence-corrected chi connectivity index (χ1v) is 14.8. The number of hydrogen-bond acceptors (Lipinski definition) is 7. The van der Waals surface area contributed by atoms with Gasteiger partial charge >= 0.3 is 0 Å². The highest BCUT2D eigenvalue weighted by Gasteiger charge is 2.24. The number of para-hydroxylation sites is 2. The van der Waals surface area contributed by atoms with Crippen molar-refractivity contribution < 1.29 is 19.1 Å². The van der Waals surface area contributed by atoms with Crippen molar-refractivity contribution in [3.05, 3.63) is 81.8 Å². The molecule has 222 valence electrons.